The number of halogens is 3. The van der Waals surface area contributed by atoms with Gasteiger partial charge in [-0.25, -0.2) is 4.68 Å². The number of carbonyl (C=O) groups is 1. The van der Waals surface area contributed by atoms with Gasteiger partial charge in [-0.05, 0) is 71.3 Å². The zero-order valence-corrected chi connectivity index (χ0v) is 27.3. The molecule has 0 spiro atoms. The van der Waals surface area contributed by atoms with E-state index >= 15 is 0 Å². The Labute approximate surface area is 287 Å². The normalized spacial score (nSPS) is 12.3. The Balaban J connectivity index is 1.31. The summed E-state index contributed by atoms with van der Waals surface area (Å²) in [5, 5.41) is 7.46. The van der Waals surface area contributed by atoms with Gasteiger partial charge >= 0.3 is 12.1 Å². The summed E-state index contributed by atoms with van der Waals surface area (Å²) in [4.78, 5) is 13.4. The molecule has 0 radical (unpaired) electrons. The minimum atomic E-state index is -4.64. The van der Waals surface area contributed by atoms with E-state index in [2.05, 4.69) is 10.4 Å². The minimum Gasteiger partial charge on any atom is -0.497 e. The number of alkyl halides is 3. The van der Waals surface area contributed by atoms with Crippen molar-refractivity contribution < 1.29 is 32.2 Å². The van der Waals surface area contributed by atoms with Gasteiger partial charge in [0.25, 0.3) is 0 Å². The molecule has 0 bridgehead atoms. The fourth-order valence-corrected chi connectivity index (χ4v) is 5.93. The van der Waals surface area contributed by atoms with Crippen molar-refractivity contribution in [2.75, 3.05) is 20.8 Å². The molecule has 254 valence electrons. The third-order valence-corrected chi connectivity index (χ3v) is 8.38. The van der Waals surface area contributed by atoms with Crippen LogP contribution in [0.5, 0.6) is 11.5 Å². The highest BCUT2D eigenvalue weighted by atomic mass is 19.4. The molecule has 0 aliphatic carbocycles. The Morgan fingerprint density at radius 3 is 1.68 bits per heavy atom. The maximum Gasteiger partial charge on any atom is 0.435 e. The molecule has 1 aromatic heterocycles. The second-order valence-corrected chi connectivity index (χ2v) is 11.4. The average Bonchev–Trinajstić information content (AvgIpc) is 3.63. The largest absolute Gasteiger partial charge is 0.497 e. The third-order valence-electron chi connectivity index (χ3n) is 8.38. The van der Waals surface area contributed by atoms with E-state index in [0.717, 1.165) is 22.8 Å². The predicted octanol–water partition coefficient (Wildman–Crippen LogP) is 8.07. The Kier molecular flexibility index (Phi) is 10.0. The van der Waals surface area contributed by atoms with Crippen molar-refractivity contribution in [1.82, 2.24) is 15.1 Å². The summed E-state index contributed by atoms with van der Waals surface area (Å²) >= 11 is 0. The number of benzene rings is 5. The number of rotatable bonds is 12. The summed E-state index contributed by atoms with van der Waals surface area (Å²) in [7, 11) is 2.83. The van der Waals surface area contributed by atoms with E-state index < -0.39 is 29.4 Å². The summed E-state index contributed by atoms with van der Waals surface area (Å²) < 4.78 is 59.1. The molecular weight excluding hydrogens is 643 g/mol. The van der Waals surface area contributed by atoms with Crippen LogP contribution in [0, 0.1) is 0 Å². The smallest absolute Gasteiger partial charge is 0.435 e. The highest BCUT2D eigenvalue weighted by Crippen LogP contribution is 2.38. The fourth-order valence-electron chi connectivity index (χ4n) is 5.93. The Hall–Kier alpha value is -5.87. The van der Waals surface area contributed by atoms with E-state index in [9.17, 15) is 18.0 Å². The molecule has 6 aromatic rings. The maximum atomic E-state index is 13.7. The summed E-state index contributed by atoms with van der Waals surface area (Å²) in [6, 6.07) is 42.7. The second kappa shape index (κ2) is 14.7. The van der Waals surface area contributed by atoms with E-state index in [1.54, 1.807) is 48.5 Å². The molecule has 1 heterocycles. The monoisotopic (exact) mass is 677 g/mol. The quantitative estimate of drug-likeness (QED) is 0.104. The lowest BCUT2D eigenvalue weighted by Crippen LogP contribution is -2.55. The lowest BCUT2D eigenvalue weighted by Gasteiger charge is -2.39. The number of hydrogen-bond donors (Lipinski definition) is 1. The molecule has 0 saturated carbocycles. The van der Waals surface area contributed by atoms with Crippen LogP contribution in [0.15, 0.2) is 146 Å². The SMILES string of the molecule is COC(=O)C(COc1ccc(-c2cc(C(F)(F)F)nn2-c2ccc(OC)cc2)cc1)NC(c1ccccc1)(c1ccccc1)c1ccccc1. The van der Waals surface area contributed by atoms with Crippen molar-refractivity contribution in [1.29, 1.82) is 0 Å². The van der Waals surface area contributed by atoms with Gasteiger partial charge in [-0.15, -0.1) is 0 Å². The lowest BCUT2D eigenvalue weighted by molar-refractivity contribution is -0.144. The van der Waals surface area contributed by atoms with Gasteiger partial charge in [0, 0.05) is 5.56 Å². The first-order chi connectivity index (χ1) is 24.2. The summed E-state index contributed by atoms with van der Waals surface area (Å²) in [5.74, 6) is 0.436. The minimum absolute atomic E-state index is 0.109. The molecule has 6 rings (SSSR count). The van der Waals surface area contributed by atoms with Gasteiger partial charge in [0.05, 0.1) is 31.1 Å². The van der Waals surface area contributed by atoms with Crippen molar-refractivity contribution in [2.24, 2.45) is 0 Å². The molecule has 0 aliphatic rings. The summed E-state index contributed by atoms with van der Waals surface area (Å²) in [6.07, 6.45) is -4.64. The van der Waals surface area contributed by atoms with E-state index in [1.165, 1.54) is 18.9 Å². The van der Waals surface area contributed by atoms with Crippen molar-refractivity contribution in [3.05, 3.63) is 168 Å². The number of hydrogen-bond acceptors (Lipinski definition) is 6. The molecule has 50 heavy (non-hydrogen) atoms. The zero-order chi connectivity index (χ0) is 35.1. The van der Waals surface area contributed by atoms with Crippen LogP contribution in [-0.2, 0) is 21.2 Å². The van der Waals surface area contributed by atoms with Crippen molar-refractivity contribution in [3.63, 3.8) is 0 Å². The fraction of sp³-hybridized carbons (Fsp3) is 0.150. The third kappa shape index (κ3) is 7.11. The van der Waals surface area contributed by atoms with Gasteiger partial charge in [-0.1, -0.05) is 91.0 Å². The number of carbonyl (C=O) groups excluding carboxylic acids is 1. The highest BCUT2D eigenvalue weighted by molar-refractivity contribution is 5.76. The number of nitrogens with zero attached hydrogens (tertiary/aromatic N) is 2. The first-order valence-corrected chi connectivity index (χ1v) is 15.8. The van der Waals surface area contributed by atoms with Gasteiger partial charge in [-0.2, -0.15) is 18.3 Å². The van der Waals surface area contributed by atoms with Crippen molar-refractivity contribution >= 4 is 5.97 Å². The van der Waals surface area contributed by atoms with Crippen molar-refractivity contribution in [3.8, 4) is 28.4 Å². The van der Waals surface area contributed by atoms with Crippen LogP contribution in [0.2, 0.25) is 0 Å². The standard InChI is InChI=1S/C40H34F3N3O4/c1-48-33-24-20-32(21-25-33)46-36(26-37(45-46)40(41,42)43)28-18-22-34(23-19-28)50-27-35(38(47)49-2)44-39(29-12-6-3-7-13-29,30-14-8-4-9-15-30)31-16-10-5-11-17-31/h3-26,35,44H,27H2,1-2H3. The second-order valence-electron chi connectivity index (χ2n) is 11.4. The predicted molar refractivity (Wildman–Crippen MR) is 184 cm³/mol. The number of ether oxygens (including phenoxy) is 3. The molecule has 7 nitrogen and oxygen atoms in total. The molecule has 10 heteroatoms. The Bertz CT molecular complexity index is 1900. The summed E-state index contributed by atoms with van der Waals surface area (Å²) in [5.41, 5.74) is 1.88. The topological polar surface area (TPSA) is 74.6 Å². The molecule has 0 aliphatic heterocycles. The van der Waals surface area contributed by atoms with Crippen LogP contribution >= 0.6 is 0 Å². The van der Waals surface area contributed by atoms with Crippen LogP contribution in [0.4, 0.5) is 13.2 Å². The van der Waals surface area contributed by atoms with Crippen LogP contribution in [0.25, 0.3) is 16.9 Å². The highest BCUT2D eigenvalue weighted by Gasteiger charge is 2.40. The van der Waals surface area contributed by atoms with Crippen LogP contribution in [0.3, 0.4) is 0 Å². The van der Waals surface area contributed by atoms with E-state index in [-0.39, 0.29) is 12.3 Å². The maximum absolute atomic E-state index is 13.7. The molecule has 0 amide bonds. The summed E-state index contributed by atoms with van der Waals surface area (Å²) in [6.45, 7) is -0.109. The van der Waals surface area contributed by atoms with Crippen LogP contribution in [-0.4, -0.2) is 42.6 Å². The number of nitrogens with one attached hydrogen (secondary N) is 1. The molecule has 5 aromatic carbocycles. The first-order valence-electron chi connectivity index (χ1n) is 15.8. The lowest BCUT2D eigenvalue weighted by atomic mass is 9.76. The average molecular weight is 678 g/mol. The first kappa shape index (κ1) is 34.0. The van der Waals surface area contributed by atoms with Gasteiger partial charge in [0.15, 0.2) is 5.69 Å². The van der Waals surface area contributed by atoms with Gasteiger partial charge in [0.2, 0.25) is 0 Å². The van der Waals surface area contributed by atoms with E-state index in [1.807, 2.05) is 91.0 Å². The van der Waals surface area contributed by atoms with Gasteiger partial charge < -0.3 is 14.2 Å². The van der Waals surface area contributed by atoms with Gasteiger partial charge in [0.1, 0.15) is 24.1 Å². The molecule has 1 atom stereocenters. The van der Waals surface area contributed by atoms with Crippen LogP contribution < -0.4 is 14.8 Å². The molecule has 1 unspecified atom stereocenters. The Morgan fingerprint density at radius 1 is 0.720 bits per heavy atom. The van der Waals surface area contributed by atoms with Crippen LogP contribution in [0.1, 0.15) is 22.4 Å². The molecule has 0 fully saturated rings. The molecule has 1 N–H and O–H groups in total. The Morgan fingerprint density at radius 2 is 1.22 bits per heavy atom. The number of aromatic nitrogens is 2. The van der Waals surface area contributed by atoms with Gasteiger partial charge in [-0.3, -0.25) is 10.1 Å². The molecule has 0 saturated heterocycles. The van der Waals surface area contributed by atoms with E-state index in [0.29, 0.717) is 22.7 Å². The number of methoxy groups -OCH3 is 2. The molecular formula is C40H34F3N3O4. The van der Waals surface area contributed by atoms with Crippen molar-refractivity contribution in [2.45, 2.75) is 17.8 Å². The van der Waals surface area contributed by atoms with E-state index in [4.69, 9.17) is 14.2 Å². The zero-order valence-electron chi connectivity index (χ0n) is 27.3. The number of esters is 1.